The van der Waals surface area contributed by atoms with Crippen molar-refractivity contribution in [2.24, 2.45) is 0 Å². The maximum absolute atomic E-state index is 12.0. The SMILES string of the molecule is CC(C)(C)c1ccc(NC(=O)CCC(=O)c2ccccc2)cc1. The number of benzene rings is 2. The molecule has 120 valence electrons. The van der Waals surface area contributed by atoms with Crippen LogP contribution in [0.3, 0.4) is 0 Å². The first kappa shape index (κ1) is 16.9. The minimum absolute atomic E-state index is 0.0103. The Balaban J connectivity index is 1.86. The van der Waals surface area contributed by atoms with E-state index >= 15 is 0 Å². The van der Waals surface area contributed by atoms with Gasteiger partial charge in [-0.1, -0.05) is 63.2 Å². The number of amides is 1. The molecular formula is C20H23NO2. The minimum Gasteiger partial charge on any atom is -0.326 e. The average Bonchev–Trinajstić information content (AvgIpc) is 2.53. The largest absolute Gasteiger partial charge is 0.326 e. The summed E-state index contributed by atoms with van der Waals surface area (Å²) in [7, 11) is 0. The summed E-state index contributed by atoms with van der Waals surface area (Å²) in [4.78, 5) is 23.9. The second-order valence-corrected chi connectivity index (χ2v) is 6.66. The second-order valence-electron chi connectivity index (χ2n) is 6.66. The lowest BCUT2D eigenvalue weighted by Gasteiger charge is -2.19. The molecule has 0 atom stereocenters. The molecule has 2 aromatic rings. The predicted octanol–water partition coefficient (Wildman–Crippen LogP) is 4.59. The third-order valence-electron chi connectivity index (χ3n) is 3.71. The Labute approximate surface area is 137 Å². The van der Waals surface area contributed by atoms with Gasteiger partial charge in [0.05, 0.1) is 0 Å². The molecule has 0 spiro atoms. The molecule has 0 saturated heterocycles. The Morgan fingerprint density at radius 1 is 0.870 bits per heavy atom. The number of carbonyl (C=O) groups is 2. The highest BCUT2D eigenvalue weighted by molar-refractivity contribution is 5.99. The monoisotopic (exact) mass is 309 g/mol. The van der Waals surface area contributed by atoms with Crippen LogP contribution in [0.5, 0.6) is 0 Å². The normalized spacial score (nSPS) is 11.1. The summed E-state index contributed by atoms with van der Waals surface area (Å²) in [5.74, 6) is -0.151. The van der Waals surface area contributed by atoms with Gasteiger partial charge in [0.15, 0.2) is 5.78 Å². The molecule has 3 heteroatoms. The lowest BCUT2D eigenvalue weighted by atomic mass is 9.87. The molecule has 2 aromatic carbocycles. The van der Waals surface area contributed by atoms with Crippen LogP contribution in [0.25, 0.3) is 0 Å². The zero-order valence-corrected chi connectivity index (χ0v) is 13.9. The van der Waals surface area contributed by atoms with Crippen molar-refractivity contribution in [2.45, 2.75) is 39.0 Å². The Morgan fingerprint density at radius 3 is 2.04 bits per heavy atom. The smallest absolute Gasteiger partial charge is 0.224 e. The zero-order chi connectivity index (χ0) is 16.9. The van der Waals surface area contributed by atoms with E-state index < -0.39 is 0 Å². The maximum atomic E-state index is 12.0. The van der Waals surface area contributed by atoms with Gasteiger partial charge in [-0.25, -0.2) is 0 Å². The van der Waals surface area contributed by atoms with Gasteiger partial charge in [-0.3, -0.25) is 9.59 Å². The Kier molecular flexibility index (Phi) is 5.32. The standard InChI is InChI=1S/C20H23NO2/c1-20(2,3)16-9-11-17(12-10-16)21-19(23)14-13-18(22)15-7-5-4-6-8-15/h4-12H,13-14H2,1-3H3,(H,21,23). The van der Waals surface area contributed by atoms with Gasteiger partial charge in [0.1, 0.15) is 0 Å². The number of carbonyl (C=O) groups excluding carboxylic acids is 2. The van der Waals surface area contributed by atoms with Crippen molar-refractivity contribution in [3.8, 4) is 0 Å². The summed E-state index contributed by atoms with van der Waals surface area (Å²) in [6.07, 6.45) is 0.407. The molecule has 1 N–H and O–H groups in total. The van der Waals surface area contributed by atoms with Crippen molar-refractivity contribution >= 4 is 17.4 Å². The third-order valence-corrected chi connectivity index (χ3v) is 3.71. The quantitative estimate of drug-likeness (QED) is 0.821. The van der Waals surface area contributed by atoms with E-state index in [0.717, 1.165) is 5.69 Å². The summed E-state index contributed by atoms with van der Waals surface area (Å²) in [5.41, 5.74) is 2.71. The Hall–Kier alpha value is -2.42. The van der Waals surface area contributed by atoms with Gasteiger partial charge >= 0.3 is 0 Å². The van der Waals surface area contributed by atoms with Crippen LogP contribution in [0.4, 0.5) is 5.69 Å². The van der Waals surface area contributed by atoms with Gasteiger partial charge in [0.25, 0.3) is 0 Å². The summed E-state index contributed by atoms with van der Waals surface area (Å²) in [5, 5.41) is 2.84. The summed E-state index contributed by atoms with van der Waals surface area (Å²) < 4.78 is 0. The predicted molar refractivity (Wildman–Crippen MR) is 93.8 cm³/mol. The molecule has 0 aromatic heterocycles. The molecule has 0 saturated carbocycles. The topological polar surface area (TPSA) is 46.2 Å². The van der Waals surface area contributed by atoms with Crippen LogP contribution in [0, 0.1) is 0 Å². The highest BCUT2D eigenvalue weighted by Crippen LogP contribution is 2.23. The van der Waals surface area contributed by atoms with Gasteiger partial charge in [-0.2, -0.15) is 0 Å². The number of Topliss-reactive ketones (excluding diaryl/α,β-unsaturated/α-hetero) is 1. The zero-order valence-electron chi connectivity index (χ0n) is 13.9. The van der Waals surface area contributed by atoms with Crippen molar-refractivity contribution in [3.63, 3.8) is 0 Å². The lowest BCUT2D eigenvalue weighted by molar-refractivity contribution is -0.116. The first-order valence-corrected chi connectivity index (χ1v) is 7.85. The molecule has 0 bridgehead atoms. The molecule has 23 heavy (non-hydrogen) atoms. The lowest BCUT2D eigenvalue weighted by Crippen LogP contribution is -2.14. The fourth-order valence-corrected chi connectivity index (χ4v) is 2.27. The maximum Gasteiger partial charge on any atom is 0.224 e. The van der Waals surface area contributed by atoms with Crippen molar-refractivity contribution in [1.29, 1.82) is 0 Å². The summed E-state index contributed by atoms with van der Waals surface area (Å²) in [6, 6.07) is 16.9. The molecule has 2 rings (SSSR count). The van der Waals surface area contributed by atoms with E-state index in [1.54, 1.807) is 12.1 Å². The number of ketones is 1. The molecule has 0 fully saturated rings. The van der Waals surface area contributed by atoms with E-state index in [4.69, 9.17) is 0 Å². The summed E-state index contributed by atoms with van der Waals surface area (Å²) >= 11 is 0. The molecule has 0 heterocycles. The first-order valence-electron chi connectivity index (χ1n) is 7.85. The molecule has 0 aliphatic rings. The molecule has 1 amide bonds. The number of anilines is 1. The first-order chi connectivity index (χ1) is 10.9. The molecular weight excluding hydrogens is 286 g/mol. The van der Waals surface area contributed by atoms with Gasteiger partial charge in [0.2, 0.25) is 5.91 Å². The number of nitrogens with one attached hydrogen (secondary N) is 1. The number of hydrogen-bond donors (Lipinski definition) is 1. The van der Waals surface area contributed by atoms with E-state index in [-0.39, 0.29) is 29.9 Å². The number of hydrogen-bond acceptors (Lipinski definition) is 2. The van der Waals surface area contributed by atoms with Crippen molar-refractivity contribution in [3.05, 3.63) is 65.7 Å². The van der Waals surface area contributed by atoms with E-state index in [9.17, 15) is 9.59 Å². The molecule has 0 unspecified atom stereocenters. The van der Waals surface area contributed by atoms with Gasteiger partial charge in [0, 0.05) is 24.1 Å². The fraction of sp³-hybridized carbons (Fsp3) is 0.300. The van der Waals surface area contributed by atoms with Crippen molar-refractivity contribution in [2.75, 3.05) is 5.32 Å². The Bertz CT molecular complexity index is 667. The van der Waals surface area contributed by atoms with Crippen molar-refractivity contribution in [1.82, 2.24) is 0 Å². The van der Waals surface area contributed by atoms with Crippen molar-refractivity contribution < 1.29 is 9.59 Å². The minimum atomic E-state index is -0.141. The van der Waals surface area contributed by atoms with Gasteiger partial charge in [-0.15, -0.1) is 0 Å². The molecule has 3 nitrogen and oxygen atoms in total. The molecule has 0 aliphatic heterocycles. The average molecular weight is 309 g/mol. The van der Waals surface area contributed by atoms with Crippen LogP contribution in [0.15, 0.2) is 54.6 Å². The van der Waals surface area contributed by atoms with Gasteiger partial charge < -0.3 is 5.32 Å². The van der Waals surface area contributed by atoms with E-state index in [2.05, 4.69) is 26.1 Å². The van der Waals surface area contributed by atoms with Crippen LogP contribution in [-0.4, -0.2) is 11.7 Å². The van der Waals surface area contributed by atoms with E-state index in [0.29, 0.717) is 5.56 Å². The fourth-order valence-electron chi connectivity index (χ4n) is 2.27. The van der Waals surface area contributed by atoms with Gasteiger partial charge in [-0.05, 0) is 23.1 Å². The van der Waals surface area contributed by atoms with E-state index in [1.165, 1.54) is 5.56 Å². The van der Waals surface area contributed by atoms with Crippen LogP contribution < -0.4 is 5.32 Å². The highest BCUT2D eigenvalue weighted by Gasteiger charge is 2.13. The van der Waals surface area contributed by atoms with Crippen LogP contribution >= 0.6 is 0 Å². The third kappa shape index (κ3) is 5.06. The number of rotatable bonds is 5. The van der Waals surface area contributed by atoms with Crippen LogP contribution in [0.2, 0.25) is 0 Å². The van der Waals surface area contributed by atoms with Crippen LogP contribution in [0.1, 0.15) is 49.5 Å². The highest BCUT2D eigenvalue weighted by atomic mass is 16.2. The molecule has 0 radical (unpaired) electrons. The van der Waals surface area contributed by atoms with Crippen LogP contribution in [-0.2, 0) is 10.2 Å². The summed E-state index contributed by atoms with van der Waals surface area (Å²) in [6.45, 7) is 6.45. The van der Waals surface area contributed by atoms with E-state index in [1.807, 2.05) is 42.5 Å². The Morgan fingerprint density at radius 2 is 1.48 bits per heavy atom. The second kappa shape index (κ2) is 7.23. The molecule has 0 aliphatic carbocycles.